The smallest absolute Gasteiger partial charge is 0.144 e. The Morgan fingerprint density at radius 3 is 2.95 bits per heavy atom. The zero-order valence-electron chi connectivity index (χ0n) is 11.5. The van der Waals surface area contributed by atoms with Crippen LogP contribution in [0.25, 0.3) is 27.9 Å². The third kappa shape index (κ3) is 1.68. The van der Waals surface area contributed by atoms with Gasteiger partial charge in [0.2, 0.25) is 0 Å². The lowest BCUT2D eigenvalue weighted by Gasteiger charge is -2.04. The quantitative estimate of drug-likeness (QED) is 0.710. The molecule has 3 aromatic rings. The summed E-state index contributed by atoms with van der Waals surface area (Å²) in [7, 11) is 1.94. The predicted octanol–water partition coefficient (Wildman–Crippen LogP) is 3.46. The highest BCUT2D eigenvalue weighted by Gasteiger charge is 2.16. The normalized spacial score (nSPS) is 14.9. The molecule has 0 unspecified atom stereocenters. The summed E-state index contributed by atoms with van der Waals surface area (Å²) in [6, 6.07) is 4.13. The molecule has 0 bridgehead atoms. The van der Waals surface area contributed by atoms with Crippen LogP contribution < -0.4 is 0 Å². The van der Waals surface area contributed by atoms with E-state index >= 15 is 0 Å². The van der Waals surface area contributed by atoms with Gasteiger partial charge in [-0.3, -0.25) is 4.68 Å². The summed E-state index contributed by atoms with van der Waals surface area (Å²) in [6.45, 7) is 0. The lowest BCUT2D eigenvalue weighted by Crippen LogP contribution is -1.93. The average Bonchev–Trinajstić information content (AvgIpc) is 3.16. The van der Waals surface area contributed by atoms with E-state index in [0.717, 1.165) is 17.6 Å². The van der Waals surface area contributed by atoms with Crippen molar-refractivity contribution in [1.82, 2.24) is 19.3 Å². The van der Waals surface area contributed by atoms with Gasteiger partial charge in [0, 0.05) is 47.8 Å². The van der Waals surface area contributed by atoms with Crippen LogP contribution in [0.2, 0.25) is 0 Å². The van der Waals surface area contributed by atoms with Crippen LogP contribution in [0, 0.1) is 0 Å². The Kier molecular flexibility index (Phi) is 2.49. The number of hydrogen-bond acceptors (Lipinski definition) is 2. The standard InChI is InChI=1S/C16H16N4/c1-19-10-12(9-18-19)15-11-20(13-5-2-3-6-13)16-14(15)7-4-8-17-16/h4-5,7-11H,2-3,6H2,1H3. The second-order valence-corrected chi connectivity index (χ2v) is 5.28. The molecule has 0 saturated heterocycles. The zero-order chi connectivity index (χ0) is 13.5. The molecule has 100 valence electrons. The van der Waals surface area contributed by atoms with E-state index in [0.29, 0.717) is 0 Å². The van der Waals surface area contributed by atoms with Crippen LogP contribution >= 0.6 is 0 Å². The van der Waals surface area contributed by atoms with Gasteiger partial charge in [0.15, 0.2) is 0 Å². The summed E-state index contributed by atoms with van der Waals surface area (Å²) in [5.41, 5.74) is 4.75. The summed E-state index contributed by atoms with van der Waals surface area (Å²) in [6.07, 6.45) is 13.9. The summed E-state index contributed by atoms with van der Waals surface area (Å²) in [5, 5.41) is 5.47. The van der Waals surface area contributed by atoms with E-state index in [1.54, 1.807) is 0 Å². The van der Waals surface area contributed by atoms with Gasteiger partial charge < -0.3 is 4.57 Å². The highest BCUT2D eigenvalue weighted by atomic mass is 15.2. The van der Waals surface area contributed by atoms with Gasteiger partial charge in [-0.2, -0.15) is 5.10 Å². The van der Waals surface area contributed by atoms with E-state index in [-0.39, 0.29) is 0 Å². The second-order valence-electron chi connectivity index (χ2n) is 5.28. The number of hydrogen-bond donors (Lipinski definition) is 0. The molecule has 3 aromatic heterocycles. The maximum absolute atomic E-state index is 4.57. The Morgan fingerprint density at radius 2 is 2.20 bits per heavy atom. The fourth-order valence-corrected chi connectivity index (χ4v) is 2.94. The van der Waals surface area contributed by atoms with Crippen molar-refractivity contribution in [2.45, 2.75) is 19.3 Å². The van der Waals surface area contributed by atoms with E-state index in [9.17, 15) is 0 Å². The fourth-order valence-electron chi connectivity index (χ4n) is 2.94. The third-order valence-electron chi connectivity index (χ3n) is 3.91. The van der Waals surface area contributed by atoms with E-state index in [2.05, 4.69) is 39.2 Å². The van der Waals surface area contributed by atoms with E-state index in [1.165, 1.54) is 29.5 Å². The van der Waals surface area contributed by atoms with Gasteiger partial charge in [0.1, 0.15) is 5.65 Å². The van der Waals surface area contributed by atoms with Crippen LogP contribution in [0.5, 0.6) is 0 Å². The Balaban J connectivity index is 1.98. The Labute approximate surface area is 117 Å². The van der Waals surface area contributed by atoms with Crippen molar-refractivity contribution in [1.29, 1.82) is 0 Å². The number of pyridine rings is 1. The van der Waals surface area contributed by atoms with Gasteiger partial charge in [-0.1, -0.05) is 6.08 Å². The van der Waals surface area contributed by atoms with Gasteiger partial charge >= 0.3 is 0 Å². The fraction of sp³-hybridized carbons (Fsp3) is 0.250. The molecule has 4 heteroatoms. The number of aryl methyl sites for hydroxylation is 1. The molecule has 4 rings (SSSR count). The minimum atomic E-state index is 1.04. The van der Waals surface area contributed by atoms with E-state index in [1.807, 2.05) is 30.2 Å². The second kappa shape index (κ2) is 4.34. The molecule has 0 amide bonds. The van der Waals surface area contributed by atoms with E-state index in [4.69, 9.17) is 0 Å². The minimum Gasteiger partial charge on any atom is -0.305 e. The number of allylic oxidation sites excluding steroid dienone is 2. The van der Waals surface area contributed by atoms with Crippen molar-refractivity contribution in [3.05, 3.63) is 43.0 Å². The monoisotopic (exact) mass is 264 g/mol. The highest BCUT2D eigenvalue weighted by Crippen LogP contribution is 2.33. The van der Waals surface area contributed by atoms with Crippen LogP contribution in [-0.2, 0) is 7.05 Å². The summed E-state index contributed by atoms with van der Waals surface area (Å²) in [4.78, 5) is 4.57. The molecular weight excluding hydrogens is 248 g/mol. The molecule has 4 nitrogen and oxygen atoms in total. The topological polar surface area (TPSA) is 35.6 Å². The van der Waals surface area contributed by atoms with Crippen LogP contribution in [0.4, 0.5) is 0 Å². The first-order chi connectivity index (χ1) is 9.83. The summed E-state index contributed by atoms with van der Waals surface area (Å²) < 4.78 is 4.08. The average molecular weight is 264 g/mol. The zero-order valence-corrected chi connectivity index (χ0v) is 11.5. The van der Waals surface area contributed by atoms with Crippen molar-refractivity contribution in [2.75, 3.05) is 0 Å². The van der Waals surface area contributed by atoms with Crippen molar-refractivity contribution >= 4 is 16.7 Å². The molecule has 0 fully saturated rings. The van der Waals surface area contributed by atoms with Gasteiger partial charge in [-0.05, 0) is 31.4 Å². The molecule has 20 heavy (non-hydrogen) atoms. The Hall–Kier alpha value is -2.36. The number of fused-ring (bicyclic) bond motifs is 1. The summed E-state index contributed by atoms with van der Waals surface area (Å²) >= 11 is 0. The first kappa shape index (κ1) is 11.5. The Morgan fingerprint density at radius 1 is 1.25 bits per heavy atom. The SMILES string of the molecule is Cn1cc(-c2cn(C3=CCCC3)c3ncccc23)cn1. The molecule has 0 saturated carbocycles. The van der Waals surface area contributed by atoms with Crippen molar-refractivity contribution < 1.29 is 0 Å². The van der Waals surface area contributed by atoms with Crippen LogP contribution in [0.15, 0.2) is 43.0 Å². The maximum Gasteiger partial charge on any atom is 0.144 e. The number of nitrogens with zero attached hydrogens (tertiary/aromatic N) is 4. The lowest BCUT2D eigenvalue weighted by atomic mass is 10.1. The highest BCUT2D eigenvalue weighted by molar-refractivity contribution is 5.95. The number of rotatable bonds is 2. The van der Waals surface area contributed by atoms with Gasteiger partial charge in [-0.15, -0.1) is 0 Å². The van der Waals surface area contributed by atoms with Crippen molar-refractivity contribution in [2.24, 2.45) is 7.05 Å². The van der Waals surface area contributed by atoms with E-state index < -0.39 is 0 Å². The first-order valence-corrected chi connectivity index (χ1v) is 6.97. The van der Waals surface area contributed by atoms with Crippen LogP contribution in [-0.4, -0.2) is 19.3 Å². The molecule has 0 aromatic carbocycles. The van der Waals surface area contributed by atoms with Gasteiger partial charge in [-0.25, -0.2) is 4.98 Å². The van der Waals surface area contributed by atoms with Crippen LogP contribution in [0.3, 0.4) is 0 Å². The molecular formula is C16H16N4. The molecule has 0 spiro atoms. The first-order valence-electron chi connectivity index (χ1n) is 6.97. The van der Waals surface area contributed by atoms with Crippen LogP contribution in [0.1, 0.15) is 19.3 Å². The lowest BCUT2D eigenvalue weighted by molar-refractivity contribution is 0.768. The largest absolute Gasteiger partial charge is 0.305 e. The Bertz CT molecular complexity index is 807. The van der Waals surface area contributed by atoms with Gasteiger partial charge in [0.25, 0.3) is 0 Å². The molecule has 0 radical (unpaired) electrons. The maximum atomic E-state index is 4.57. The number of aromatic nitrogens is 4. The summed E-state index contributed by atoms with van der Waals surface area (Å²) in [5.74, 6) is 0. The third-order valence-corrected chi connectivity index (χ3v) is 3.91. The minimum absolute atomic E-state index is 1.04. The van der Waals surface area contributed by atoms with Gasteiger partial charge in [0.05, 0.1) is 6.20 Å². The van der Waals surface area contributed by atoms with Crippen molar-refractivity contribution in [3.8, 4) is 11.1 Å². The molecule has 0 atom stereocenters. The molecule has 3 heterocycles. The molecule has 1 aliphatic rings. The molecule has 1 aliphatic carbocycles. The predicted molar refractivity (Wildman–Crippen MR) is 80.1 cm³/mol. The van der Waals surface area contributed by atoms with Crippen molar-refractivity contribution in [3.63, 3.8) is 0 Å². The molecule has 0 N–H and O–H groups in total. The molecule has 0 aliphatic heterocycles.